The molecule has 0 aliphatic rings. The number of anilines is 1. The molecule has 1 amide bonds. The predicted octanol–water partition coefficient (Wildman–Crippen LogP) is 5.36. The first-order valence-electron chi connectivity index (χ1n) is 9.23. The fourth-order valence-corrected chi connectivity index (χ4v) is 3.37. The SMILES string of the molecule is Cc1nn(Cc2ccc(F)cc2)c(C)c1NC(=O)c1cc(-c2ccc(Br)cc2)on1. The van der Waals surface area contributed by atoms with Crippen LogP contribution < -0.4 is 5.32 Å². The van der Waals surface area contributed by atoms with Gasteiger partial charge in [-0.25, -0.2) is 4.39 Å². The monoisotopic (exact) mass is 468 g/mol. The van der Waals surface area contributed by atoms with Crippen molar-refractivity contribution in [1.29, 1.82) is 0 Å². The summed E-state index contributed by atoms with van der Waals surface area (Å²) in [5.74, 6) is -0.155. The number of carbonyl (C=O) groups is 1. The summed E-state index contributed by atoms with van der Waals surface area (Å²) >= 11 is 3.39. The Labute approximate surface area is 180 Å². The normalized spacial score (nSPS) is 10.9. The van der Waals surface area contributed by atoms with Crippen molar-refractivity contribution in [3.8, 4) is 11.3 Å². The Hall–Kier alpha value is -3.26. The van der Waals surface area contributed by atoms with Crippen LogP contribution in [0.3, 0.4) is 0 Å². The smallest absolute Gasteiger partial charge is 0.277 e. The molecule has 2 heterocycles. The Morgan fingerprint density at radius 3 is 2.53 bits per heavy atom. The molecule has 1 N–H and O–H groups in total. The molecule has 4 aromatic rings. The molecule has 0 radical (unpaired) electrons. The van der Waals surface area contributed by atoms with Crippen LogP contribution in [-0.4, -0.2) is 20.8 Å². The first kappa shape index (κ1) is 20.0. The summed E-state index contributed by atoms with van der Waals surface area (Å²) in [6.07, 6.45) is 0. The van der Waals surface area contributed by atoms with E-state index in [-0.39, 0.29) is 17.4 Å². The zero-order valence-electron chi connectivity index (χ0n) is 16.3. The van der Waals surface area contributed by atoms with E-state index in [1.807, 2.05) is 38.1 Å². The molecule has 0 saturated carbocycles. The molecule has 0 bridgehead atoms. The number of nitrogens with zero attached hydrogens (tertiary/aromatic N) is 3. The lowest BCUT2D eigenvalue weighted by Crippen LogP contribution is -2.13. The molecular formula is C22H18BrFN4O2. The number of amides is 1. The standard InChI is InChI=1S/C22H18BrFN4O2/c1-13-21(14(2)28(26-13)12-15-3-9-18(24)10-4-15)25-22(29)19-11-20(30-27-19)16-5-7-17(23)8-6-16/h3-11H,12H2,1-2H3,(H,25,29). The quantitative estimate of drug-likeness (QED) is 0.427. The average Bonchev–Trinajstić information content (AvgIpc) is 3.32. The summed E-state index contributed by atoms with van der Waals surface area (Å²) in [5, 5.41) is 11.3. The molecule has 0 aliphatic heterocycles. The zero-order valence-corrected chi connectivity index (χ0v) is 17.9. The third kappa shape index (κ3) is 4.18. The van der Waals surface area contributed by atoms with Crippen molar-refractivity contribution < 1.29 is 13.7 Å². The summed E-state index contributed by atoms with van der Waals surface area (Å²) in [4.78, 5) is 12.7. The number of halogens is 2. The number of aryl methyl sites for hydroxylation is 1. The Morgan fingerprint density at radius 2 is 1.83 bits per heavy atom. The lowest BCUT2D eigenvalue weighted by atomic mass is 10.1. The topological polar surface area (TPSA) is 73.0 Å². The van der Waals surface area contributed by atoms with Gasteiger partial charge < -0.3 is 9.84 Å². The second kappa shape index (κ2) is 8.23. The molecule has 152 valence electrons. The lowest BCUT2D eigenvalue weighted by molar-refractivity contribution is 0.101. The van der Waals surface area contributed by atoms with Crippen molar-refractivity contribution in [1.82, 2.24) is 14.9 Å². The van der Waals surface area contributed by atoms with Gasteiger partial charge in [-0.15, -0.1) is 0 Å². The maximum absolute atomic E-state index is 13.1. The molecule has 0 fully saturated rings. The third-order valence-corrected chi connectivity index (χ3v) is 5.27. The van der Waals surface area contributed by atoms with Crippen LogP contribution in [0.15, 0.2) is 63.6 Å². The maximum Gasteiger partial charge on any atom is 0.277 e. The highest BCUT2D eigenvalue weighted by Gasteiger charge is 2.19. The second-order valence-corrected chi connectivity index (χ2v) is 7.78. The number of nitrogens with one attached hydrogen (secondary N) is 1. The molecule has 0 atom stereocenters. The van der Waals surface area contributed by atoms with E-state index >= 15 is 0 Å². The molecular weight excluding hydrogens is 451 g/mol. The Balaban J connectivity index is 1.51. The molecule has 0 unspecified atom stereocenters. The fourth-order valence-electron chi connectivity index (χ4n) is 3.10. The van der Waals surface area contributed by atoms with Crippen molar-refractivity contribution in [2.75, 3.05) is 5.32 Å². The second-order valence-electron chi connectivity index (χ2n) is 6.87. The van der Waals surface area contributed by atoms with Gasteiger partial charge in [-0.05, 0) is 43.7 Å². The van der Waals surface area contributed by atoms with Crippen LogP contribution >= 0.6 is 15.9 Å². The highest BCUT2D eigenvalue weighted by atomic mass is 79.9. The highest BCUT2D eigenvalue weighted by Crippen LogP contribution is 2.24. The van der Waals surface area contributed by atoms with Crippen LogP contribution in [0.1, 0.15) is 27.4 Å². The minimum absolute atomic E-state index is 0.179. The van der Waals surface area contributed by atoms with Gasteiger partial charge in [-0.3, -0.25) is 9.48 Å². The first-order valence-corrected chi connectivity index (χ1v) is 10.0. The Morgan fingerprint density at radius 1 is 1.13 bits per heavy atom. The Kier molecular flexibility index (Phi) is 5.50. The number of hydrogen-bond acceptors (Lipinski definition) is 4. The van der Waals surface area contributed by atoms with Gasteiger partial charge in [0.25, 0.3) is 5.91 Å². The van der Waals surface area contributed by atoms with E-state index in [4.69, 9.17) is 4.52 Å². The Bertz CT molecular complexity index is 1200. The van der Waals surface area contributed by atoms with Crippen molar-refractivity contribution >= 4 is 27.5 Å². The summed E-state index contributed by atoms with van der Waals surface area (Å²) < 4.78 is 21.2. The van der Waals surface area contributed by atoms with Crippen molar-refractivity contribution in [2.24, 2.45) is 0 Å². The van der Waals surface area contributed by atoms with Crippen molar-refractivity contribution in [2.45, 2.75) is 20.4 Å². The van der Waals surface area contributed by atoms with Gasteiger partial charge in [0, 0.05) is 16.1 Å². The van der Waals surface area contributed by atoms with E-state index in [1.54, 1.807) is 22.9 Å². The summed E-state index contributed by atoms with van der Waals surface area (Å²) in [5.41, 5.74) is 4.01. The number of hydrogen-bond donors (Lipinski definition) is 1. The number of aromatic nitrogens is 3. The first-order chi connectivity index (χ1) is 14.4. The average molecular weight is 469 g/mol. The number of carbonyl (C=O) groups excluding carboxylic acids is 1. The van der Waals surface area contributed by atoms with Gasteiger partial charge in [0.2, 0.25) is 0 Å². The van der Waals surface area contributed by atoms with E-state index in [0.717, 1.165) is 21.3 Å². The van der Waals surface area contributed by atoms with Crippen molar-refractivity contribution in [3.63, 3.8) is 0 Å². The molecule has 2 aromatic heterocycles. The molecule has 30 heavy (non-hydrogen) atoms. The van der Waals surface area contributed by atoms with Gasteiger partial charge in [-0.1, -0.05) is 45.4 Å². The van der Waals surface area contributed by atoms with E-state index in [1.165, 1.54) is 12.1 Å². The van der Waals surface area contributed by atoms with Crippen LogP contribution in [0, 0.1) is 19.7 Å². The minimum Gasteiger partial charge on any atom is -0.355 e. The van der Waals surface area contributed by atoms with Crippen LogP contribution in [0.2, 0.25) is 0 Å². The lowest BCUT2D eigenvalue weighted by Gasteiger charge is -2.06. The van der Waals surface area contributed by atoms with Gasteiger partial charge in [0.15, 0.2) is 11.5 Å². The maximum atomic E-state index is 13.1. The number of benzene rings is 2. The summed E-state index contributed by atoms with van der Waals surface area (Å²) in [6, 6.07) is 15.4. The van der Waals surface area contributed by atoms with Gasteiger partial charge in [0.05, 0.1) is 23.6 Å². The minimum atomic E-state index is -0.380. The van der Waals surface area contributed by atoms with Gasteiger partial charge >= 0.3 is 0 Å². The largest absolute Gasteiger partial charge is 0.355 e. The highest BCUT2D eigenvalue weighted by molar-refractivity contribution is 9.10. The van der Waals surface area contributed by atoms with Gasteiger partial charge in [-0.2, -0.15) is 5.10 Å². The molecule has 4 rings (SSSR count). The van der Waals surface area contributed by atoms with Crippen LogP contribution in [-0.2, 0) is 6.54 Å². The molecule has 6 nitrogen and oxygen atoms in total. The van der Waals surface area contributed by atoms with E-state index in [2.05, 4.69) is 31.5 Å². The van der Waals surface area contributed by atoms with E-state index in [0.29, 0.717) is 23.7 Å². The molecule has 0 aliphatic carbocycles. The molecule has 0 spiro atoms. The zero-order chi connectivity index (χ0) is 21.3. The summed E-state index contributed by atoms with van der Waals surface area (Å²) in [6.45, 7) is 4.16. The van der Waals surface area contributed by atoms with Crippen molar-refractivity contribution in [3.05, 3.63) is 87.5 Å². The summed E-state index contributed by atoms with van der Waals surface area (Å²) in [7, 11) is 0. The van der Waals surface area contributed by atoms with Crippen LogP contribution in [0.4, 0.5) is 10.1 Å². The molecule has 8 heteroatoms. The van der Waals surface area contributed by atoms with Crippen LogP contribution in [0.5, 0.6) is 0 Å². The number of rotatable bonds is 5. The molecule has 2 aromatic carbocycles. The third-order valence-electron chi connectivity index (χ3n) is 4.74. The van der Waals surface area contributed by atoms with Crippen LogP contribution in [0.25, 0.3) is 11.3 Å². The fraction of sp³-hybridized carbons (Fsp3) is 0.136. The van der Waals surface area contributed by atoms with E-state index < -0.39 is 0 Å². The van der Waals surface area contributed by atoms with E-state index in [9.17, 15) is 9.18 Å². The van der Waals surface area contributed by atoms with Gasteiger partial charge in [0.1, 0.15) is 5.82 Å². The predicted molar refractivity (Wildman–Crippen MR) is 115 cm³/mol. The molecule has 0 saturated heterocycles.